The number of aryl methyl sites for hydroxylation is 1. The molecule has 5 nitrogen and oxygen atoms in total. The third-order valence-electron chi connectivity index (χ3n) is 4.68. The lowest BCUT2D eigenvalue weighted by atomic mass is 10.1. The first-order valence-corrected chi connectivity index (χ1v) is 9.62. The van der Waals surface area contributed by atoms with E-state index in [9.17, 15) is 22.8 Å². The fourth-order valence-corrected chi connectivity index (χ4v) is 3.22. The number of rotatable bonds is 8. The van der Waals surface area contributed by atoms with Crippen LogP contribution in [0.3, 0.4) is 0 Å². The predicted octanol–water partition coefficient (Wildman–Crippen LogP) is 5.27. The van der Waals surface area contributed by atoms with Gasteiger partial charge in [-0.05, 0) is 68.0 Å². The summed E-state index contributed by atoms with van der Waals surface area (Å²) >= 11 is 0. The number of carbonyl (C=O) groups excluding carboxylic acids is 2. The molecular formula is C24H20F3NO4. The minimum Gasteiger partial charge on any atom is -0.454 e. The van der Waals surface area contributed by atoms with Crippen molar-refractivity contribution in [3.05, 3.63) is 89.0 Å². The molecule has 1 heterocycles. The topological polar surface area (TPSA) is 57.5 Å². The normalized spacial score (nSPS) is 11.2. The molecule has 0 saturated heterocycles. The van der Waals surface area contributed by atoms with Gasteiger partial charge in [-0.2, -0.15) is 8.78 Å². The Hall–Kier alpha value is -3.81. The summed E-state index contributed by atoms with van der Waals surface area (Å²) in [6, 6.07) is 13.3. The Morgan fingerprint density at radius 2 is 1.69 bits per heavy atom. The molecule has 0 saturated carbocycles. The lowest BCUT2D eigenvalue weighted by Crippen LogP contribution is -2.13. The Morgan fingerprint density at radius 1 is 1.03 bits per heavy atom. The monoisotopic (exact) mass is 443 g/mol. The van der Waals surface area contributed by atoms with Crippen molar-refractivity contribution in [2.24, 2.45) is 0 Å². The van der Waals surface area contributed by atoms with Gasteiger partial charge < -0.3 is 14.0 Å². The molecule has 0 amide bonds. The number of esters is 1. The molecule has 0 unspecified atom stereocenters. The van der Waals surface area contributed by atoms with Crippen LogP contribution >= 0.6 is 0 Å². The average Bonchev–Trinajstić information content (AvgIpc) is 3.06. The molecule has 3 aromatic rings. The van der Waals surface area contributed by atoms with E-state index in [0.29, 0.717) is 22.5 Å². The highest BCUT2D eigenvalue weighted by Gasteiger charge is 2.18. The highest BCUT2D eigenvalue weighted by molar-refractivity contribution is 6.00. The third kappa shape index (κ3) is 5.66. The van der Waals surface area contributed by atoms with Crippen LogP contribution in [-0.4, -0.2) is 29.5 Å². The van der Waals surface area contributed by atoms with E-state index in [2.05, 4.69) is 4.74 Å². The van der Waals surface area contributed by atoms with E-state index in [-0.39, 0.29) is 17.3 Å². The van der Waals surface area contributed by atoms with Gasteiger partial charge >= 0.3 is 12.6 Å². The van der Waals surface area contributed by atoms with Gasteiger partial charge in [0.2, 0.25) is 5.78 Å². The third-order valence-corrected chi connectivity index (χ3v) is 4.68. The van der Waals surface area contributed by atoms with E-state index >= 15 is 0 Å². The molecule has 2 aromatic carbocycles. The summed E-state index contributed by atoms with van der Waals surface area (Å²) in [5, 5.41) is 0. The molecule has 0 aliphatic carbocycles. The molecule has 0 N–H and O–H groups in total. The molecule has 8 heteroatoms. The Kier molecular flexibility index (Phi) is 7.14. The number of alkyl halides is 2. The molecule has 0 bridgehead atoms. The fraction of sp³-hybridized carbons (Fsp3) is 0.167. The van der Waals surface area contributed by atoms with Crippen LogP contribution in [0.25, 0.3) is 11.8 Å². The number of nitrogens with zero attached hydrogens (tertiary/aromatic N) is 1. The quantitative estimate of drug-likeness (QED) is 0.270. The van der Waals surface area contributed by atoms with Crippen LogP contribution in [0.15, 0.2) is 60.7 Å². The lowest BCUT2D eigenvalue weighted by Gasteiger charge is -2.11. The molecule has 3 rings (SSSR count). The largest absolute Gasteiger partial charge is 0.454 e. The van der Waals surface area contributed by atoms with Crippen LogP contribution in [-0.2, 0) is 9.53 Å². The van der Waals surface area contributed by atoms with Crippen molar-refractivity contribution in [2.75, 3.05) is 6.61 Å². The van der Waals surface area contributed by atoms with Gasteiger partial charge in [0.1, 0.15) is 11.6 Å². The van der Waals surface area contributed by atoms with E-state index in [4.69, 9.17) is 4.74 Å². The van der Waals surface area contributed by atoms with Gasteiger partial charge in [-0.15, -0.1) is 0 Å². The summed E-state index contributed by atoms with van der Waals surface area (Å²) in [6.07, 6.45) is 2.62. The van der Waals surface area contributed by atoms with E-state index in [1.807, 2.05) is 0 Å². The second-order valence-electron chi connectivity index (χ2n) is 6.91. The minimum atomic E-state index is -2.91. The van der Waals surface area contributed by atoms with Crippen molar-refractivity contribution in [1.82, 2.24) is 4.57 Å². The van der Waals surface area contributed by atoms with Crippen molar-refractivity contribution in [2.45, 2.75) is 20.5 Å². The van der Waals surface area contributed by atoms with Gasteiger partial charge in [0, 0.05) is 28.7 Å². The molecule has 0 spiro atoms. The summed E-state index contributed by atoms with van der Waals surface area (Å²) in [5.74, 6) is -1.44. The zero-order chi connectivity index (χ0) is 23.3. The van der Waals surface area contributed by atoms with Crippen molar-refractivity contribution in [3.63, 3.8) is 0 Å². The number of hydrogen-bond donors (Lipinski definition) is 0. The summed E-state index contributed by atoms with van der Waals surface area (Å²) in [5.41, 5.74) is 3.03. The molecule has 32 heavy (non-hydrogen) atoms. The van der Waals surface area contributed by atoms with Crippen LogP contribution in [0.5, 0.6) is 5.75 Å². The van der Waals surface area contributed by atoms with Gasteiger partial charge in [0.25, 0.3) is 0 Å². The Bertz CT molecular complexity index is 1130. The molecule has 0 atom stereocenters. The van der Waals surface area contributed by atoms with E-state index < -0.39 is 19.2 Å². The minimum absolute atomic E-state index is 0.0307. The number of aromatic nitrogens is 1. The van der Waals surface area contributed by atoms with Gasteiger partial charge in [-0.25, -0.2) is 9.18 Å². The number of carbonyl (C=O) groups is 2. The Balaban J connectivity index is 1.66. The van der Waals surface area contributed by atoms with Crippen molar-refractivity contribution >= 4 is 17.8 Å². The number of Topliss-reactive ketones (excluding diaryl/α,β-unsaturated/α-hetero) is 1. The van der Waals surface area contributed by atoms with Crippen LogP contribution in [0.1, 0.15) is 27.3 Å². The van der Waals surface area contributed by atoms with E-state index in [0.717, 1.165) is 11.8 Å². The maximum absolute atomic E-state index is 12.9. The Morgan fingerprint density at radius 3 is 2.31 bits per heavy atom. The van der Waals surface area contributed by atoms with Gasteiger partial charge in [0.05, 0.1) is 0 Å². The first-order chi connectivity index (χ1) is 15.2. The summed E-state index contributed by atoms with van der Waals surface area (Å²) in [4.78, 5) is 24.5. The molecule has 166 valence electrons. The van der Waals surface area contributed by atoms with E-state index in [1.54, 1.807) is 36.6 Å². The van der Waals surface area contributed by atoms with Gasteiger partial charge in [-0.1, -0.05) is 12.1 Å². The number of ether oxygens (including phenoxy) is 2. The number of hydrogen-bond acceptors (Lipinski definition) is 4. The summed E-state index contributed by atoms with van der Waals surface area (Å²) in [7, 11) is 0. The van der Waals surface area contributed by atoms with Gasteiger partial charge in [-0.3, -0.25) is 4.79 Å². The average molecular weight is 443 g/mol. The van der Waals surface area contributed by atoms with Crippen LogP contribution in [0.4, 0.5) is 13.2 Å². The van der Waals surface area contributed by atoms with Crippen LogP contribution < -0.4 is 4.74 Å². The Labute approximate surface area is 182 Å². The molecule has 0 aliphatic rings. The smallest absolute Gasteiger partial charge is 0.387 e. The van der Waals surface area contributed by atoms with Crippen molar-refractivity contribution < 1.29 is 32.2 Å². The lowest BCUT2D eigenvalue weighted by molar-refractivity contribution is -0.136. The predicted molar refractivity (Wildman–Crippen MR) is 113 cm³/mol. The molecular weight excluding hydrogens is 423 g/mol. The highest BCUT2D eigenvalue weighted by Crippen LogP contribution is 2.24. The molecule has 0 radical (unpaired) electrons. The molecule has 1 aromatic heterocycles. The van der Waals surface area contributed by atoms with Crippen LogP contribution in [0.2, 0.25) is 0 Å². The maximum atomic E-state index is 12.9. The van der Waals surface area contributed by atoms with Crippen LogP contribution in [0, 0.1) is 19.7 Å². The van der Waals surface area contributed by atoms with Crippen molar-refractivity contribution in [3.8, 4) is 11.4 Å². The first kappa shape index (κ1) is 22.9. The number of halogens is 3. The second kappa shape index (κ2) is 10.00. The van der Waals surface area contributed by atoms with E-state index in [1.165, 1.54) is 42.5 Å². The number of benzene rings is 2. The fourth-order valence-electron chi connectivity index (χ4n) is 3.22. The SMILES string of the molecule is Cc1cc(C(=O)COC(=O)/C=C/c2ccc(F)cc2)c(C)n1-c1ccc(OC(F)F)cc1. The second-order valence-corrected chi connectivity index (χ2v) is 6.91. The zero-order valence-corrected chi connectivity index (χ0v) is 17.3. The molecule has 0 aliphatic heterocycles. The van der Waals surface area contributed by atoms with Gasteiger partial charge in [0.15, 0.2) is 6.61 Å². The zero-order valence-electron chi connectivity index (χ0n) is 17.3. The van der Waals surface area contributed by atoms with Crippen molar-refractivity contribution in [1.29, 1.82) is 0 Å². The number of ketones is 1. The standard InChI is InChI=1S/C24H20F3NO4/c1-15-13-21(16(2)28(15)19-8-10-20(11-9-19)32-24(26)27)22(29)14-31-23(30)12-5-17-3-6-18(25)7-4-17/h3-13,24H,14H2,1-2H3/b12-5+. The summed E-state index contributed by atoms with van der Waals surface area (Å²) < 4.78 is 48.7. The highest BCUT2D eigenvalue weighted by atomic mass is 19.3. The first-order valence-electron chi connectivity index (χ1n) is 9.62. The maximum Gasteiger partial charge on any atom is 0.387 e. The molecule has 0 fully saturated rings. The summed E-state index contributed by atoms with van der Waals surface area (Å²) in [6.45, 7) is 0.177.